The van der Waals surface area contributed by atoms with Gasteiger partial charge in [0, 0.05) is 36.9 Å². The van der Waals surface area contributed by atoms with Crippen LogP contribution in [-0.4, -0.2) is 17.6 Å². The number of rotatable bonds is 4. The first-order chi connectivity index (χ1) is 11.2. The summed E-state index contributed by atoms with van der Waals surface area (Å²) in [4.78, 5) is 4.26. The Morgan fingerprint density at radius 2 is 1.91 bits per heavy atom. The lowest BCUT2D eigenvalue weighted by molar-refractivity contribution is 0.534. The van der Waals surface area contributed by atoms with E-state index in [-0.39, 0.29) is 0 Å². The second-order valence-corrected chi connectivity index (χ2v) is 5.54. The molecular formula is C18H22N4O. The van der Waals surface area contributed by atoms with E-state index in [9.17, 15) is 0 Å². The molecule has 0 aliphatic heterocycles. The Balaban J connectivity index is 1.63. The van der Waals surface area contributed by atoms with E-state index in [0.717, 1.165) is 29.2 Å². The molecule has 0 aliphatic rings. The number of fused-ring (bicyclic) bond motifs is 1. The molecule has 0 saturated carbocycles. The molecule has 5 heteroatoms. The van der Waals surface area contributed by atoms with Crippen LogP contribution in [0.5, 0.6) is 0 Å². The Bertz CT molecular complexity index is 829. The molecule has 0 unspecified atom stereocenters. The van der Waals surface area contributed by atoms with Crippen LogP contribution in [0.2, 0.25) is 0 Å². The van der Waals surface area contributed by atoms with Crippen molar-refractivity contribution < 1.29 is 4.42 Å². The van der Waals surface area contributed by atoms with Gasteiger partial charge in [0.05, 0.1) is 13.1 Å². The van der Waals surface area contributed by atoms with Crippen molar-refractivity contribution in [2.45, 2.75) is 20.0 Å². The van der Waals surface area contributed by atoms with E-state index in [1.165, 1.54) is 11.3 Å². The Kier molecular flexibility index (Phi) is 4.37. The first-order valence-corrected chi connectivity index (χ1v) is 7.70. The standard InChI is InChI=1S/C18H22N4O/c1-13-15-8-4-5-9-16(15)23-17(13)12-21-18(19-2)20-11-14-7-6-10-22(14)3/h4-10H,11-12H2,1-3H3,(H2,19,20,21). The summed E-state index contributed by atoms with van der Waals surface area (Å²) in [6.07, 6.45) is 2.03. The fourth-order valence-corrected chi connectivity index (χ4v) is 2.63. The van der Waals surface area contributed by atoms with Gasteiger partial charge >= 0.3 is 0 Å². The minimum atomic E-state index is 0.604. The van der Waals surface area contributed by atoms with Gasteiger partial charge in [0.25, 0.3) is 0 Å². The van der Waals surface area contributed by atoms with Crippen molar-refractivity contribution in [3.8, 4) is 0 Å². The molecule has 0 atom stereocenters. The summed E-state index contributed by atoms with van der Waals surface area (Å²) >= 11 is 0. The van der Waals surface area contributed by atoms with Crippen LogP contribution in [0.3, 0.4) is 0 Å². The van der Waals surface area contributed by atoms with E-state index in [0.29, 0.717) is 6.54 Å². The highest BCUT2D eigenvalue weighted by molar-refractivity contribution is 5.82. The highest BCUT2D eigenvalue weighted by Crippen LogP contribution is 2.24. The van der Waals surface area contributed by atoms with Crippen molar-refractivity contribution in [1.29, 1.82) is 0 Å². The minimum Gasteiger partial charge on any atom is -0.459 e. The zero-order valence-electron chi connectivity index (χ0n) is 13.8. The number of furan rings is 1. The summed E-state index contributed by atoms with van der Waals surface area (Å²) in [7, 11) is 3.80. The Morgan fingerprint density at radius 3 is 2.61 bits per heavy atom. The first-order valence-electron chi connectivity index (χ1n) is 7.70. The van der Waals surface area contributed by atoms with Crippen LogP contribution in [-0.2, 0) is 20.1 Å². The predicted octanol–water partition coefficient (Wildman–Crippen LogP) is 2.94. The number of benzene rings is 1. The van der Waals surface area contributed by atoms with Gasteiger partial charge in [-0.2, -0.15) is 0 Å². The van der Waals surface area contributed by atoms with E-state index < -0.39 is 0 Å². The smallest absolute Gasteiger partial charge is 0.191 e. The summed E-state index contributed by atoms with van der Waals surface area (Å²) in [5.74, 6) is 1.69. The third kappa shape index (κ3) is 3.23. The highest BCUT2D eigenvalue weighted by atomic mass is 16.3. The molecule has 0 bridgehead atoms. The molecule has 0 spiro atoms. The number of aromatic nitrogens is 1. The van der Waals surface area contributed by atoms with E-state index in [2.05, 4.69) is 39.2 Å². The van der Waals surface area contributed by atoms with Gasteiger partial charge in [-0.05, 0) is 25.1 Å². The summed E-state index contributed by atoms with van der Waals surface area (Å²) in [6, 6.07) is 12.2. The molecule has 0 radical (unpaired) electrons. The minimum absolute atomic E-state index is 0.604. The lowest BCUT2D eigenvalue weighted by atomic mass is 10.1. The summed E-state index contributed by atoms with van der Waals surface area (Å²) in [5, 5.41) is 7.78. The monoisotopic (exact) mass is 310 g/mol. The summed E-state index contributed by atoms with van der Waals surface area (Å²) < 4.78 is 8.00. The van der Waals surface area contributed by atoms with Crippen LogP contribution in [0.15, 0.2) is 52.0 Å². The van der Waals surface area contributed by atoms with Crippen molar-refractivity contribution in [3.63, 3.8) is 0 Å². The van der Waals surface area contributed by atoms with Crippen LogP contribution >= 0.6 is 0 Å². The van der Waals surface area contributed by atoms with Gasteiger partial charge in [-0.1, -0.05) is 18.2 Å². The third-order valence-electron chi connectivity index (χ3n) is 4.07. The topological polar surface area (TPSA) is 54.5 Å². The van der Waals surface area contributed by atoms with Gasteiger partial charge in [-0.25, -0.2) is 0 Å². The summed E-state index contributed by atoms with van der Waals surface area (Å²) in [5.41, 5.74) is 3.30. The second kappa shape index (κ2) is 6.60. The quantitative estimate of drug-likeness (QED) is 0.575. The van der Waals surface area contributed by atoms with Crippen molar-refractivity contribution in [3.05, 3.63) is 59.6 Å². The molecular weight excluding hydrogens is 288 g/mol. The Morgan fingerprint density at radius 1 is 1.13 bits per heavy atom. The normalized spacial score (nSPS) is 11.9. The first kappa shape index (κ1) is 15.2. The largest absolute Gasteiger partial charge is 0.459 e. The number of hydrogen-bond acceptors (Lipinski definition) is 2. The molecule has 0 saturated heterocycles. The second-order valence-electron chi connectivity index (χ2n) is 5.54. The molecule has 1 aromatic carbocycles. The third-order valence-corrected chi connectivity index (χ3v) is 4.07. The molecule has 2 N–H and O–H groups in total. The molecule has 5 nitrogen and oxygen atoms in total. The fraction of sp³-hybridized carbons (Fsp3) is 0.278. The number of hydrogen-bond donors (Lipinski definition) is 2. The maximum absolute atomic E-state index is 5.91. The SMILES string of the molecule is CN=C(NCc1oc2ccccc2c1C)NCc1cccn1C. The zero-order chi connectivity index (χ0) is 16.2. The fourth-order valence-electron chi connectivity index (χ4n) is 2.63. The molecule has 0 amide bonds. The van der Waals surface area contributed by atoms with E-state index in [4.69, 9.17) is 4.42 Å². The molecule has 2 heterocycles. The van der Waals surface area contributed by atoms with Gasteiger partial charge in [-0.3, -0.25) is 4.99 Å². The van der Waals surface area contributed by atoms with Gasteiger partial charge in [0.1, 0.15) is 11.3 Å². The van der Waals surface area contributed by atoms with Gasteiger partial charge < -0.3 is 19.6 Å². The van der Waals surface area contributed by atoms with Crippen molar-refractivity contribution in [1.82, 2.24) is 15.2 Å². The number of aliphatic imine (C=N–C) groups is 1. The number of nitrogens with zero attached hydrogens (tertiary/aromatic N) is 2. The maximum atomic E-state index is 5.91. The van der Waals surface area contributed by atoms with Crippen LogP contribution in [0.1, 0.15) is 17.0 Å². The molecule has 0 aliphatic carbocycles. The van der Waals surface area contributed by atoms with Crippen LogP contribution in [0.4, 0.5) is 0 Å². The number of para-hydroxylation sites is 1. The van der Waals surface area contributed by atoms with Crippen LogP contribution in [0, 0.1) is 6.92 Å². The van der Waals surface area contributed by atoms with E-state index in [1.807, 2.05) is 37.5 Å². The molecule has 2 aromatic heterocycles. The highest BCUT2D eigenvalue weighted by Gasteiger charge is 2.10. The van der Waals surface area contributed by atoms with Crippen LogP contribution < -0.4 is 10.6 Å². The van der Waals surface area contributed by atoms with Gasteiger partial charge in [0.2, 0.25) is 0 Å². The summed E-state index contributed by atoms with van der Waals surface area (Å²) in [6.45, 7) is 3.42. The van der Waals surface area contributed by atoms with Gasteiger partial charge in [0.15, 0.2) is 5.96 Å². The average molecular weight is 310 g/mol. The van der Waals surface area contributed by atoms with Crippen molar-refractivity contribution in [2.24, 2.45) is 12.0 Å². The van der Waals surface area contributed by atoms with E-state index in [1.54, 1.807) is 7.05 Å². The lowest BCUT2D eigenvalue weighted by Crippen LogP contribution is -2.36. The number of aryl methyl sites for hydroxylation is 2. The number of nitrogens with one attached hydrogen (secondary N) is 2. The average Bonchev–Trinajstić information content (AvgIpc) is 3.12. The molecule has 3 aromatic rings. The molecule has 0 fully saturated rings. The van der Waals surface area contributed by atoms with Crippen molar-refractivity contribution >= 4 is 16.9 Å². The van der Waals surface area contributed by atoms with Gasteiger partial charge in [-0.15, -0.1) is 0 Å². The zero-order valence-corrected chi connectivity index (χ0v) is 13.8. The molecule has 120 valence electrons. The number of guanidine groups is 1. The Hall–Kier alpha value is -2.69. The van der Waals surface area contributed by atoms with E-state index >= 15 is 0 Å². The lowest BCUT2D eigenvalue weighted by Gasteiger charge is -2.11. The maximum Gasteiger partial charge on any atom is 0.191 e. The Labute approximate surface area is 136 Å². The molecule has 23 heavy (non-hydrogen) atoms. The van der Waals surface area contributed by atoms with Crippen LogP contribution in [0.25, 0.3) is 11.0 Å². The predicted molar refractivity (Wildman–Crippen MR) is 93.4 cm³/mol. The molecule has 3 rings (SSSR count). The van der Waals surface area contributed by atoms with Crippen molar-refractivity contribution in [2.75, 3.05) is 7.05 Å².